The predicted molar refractivity (Wildman–Crippen MR) is 95.3 cm³/mol. The van der Waals surface area contributed by atoms with Gasteiger partial charge in [-0.25, -0.2) is 0 Å². The molecule has 0 radical (unpaired) electrons. The maximum absolute atomic E-state index is 12.6. The maximum Gasteiger partial charge on any atom is 0.272 e. The molecule has 1 amide bonds. The van der Waals surface area contributed by atoms with Crippen LogP contribution in [-0.4, -0.2) is 25.1 Å². The van der Waals surface area contributed by atoms with E-state index >= 15 is 0 Å². The highest BCUT2D eigenvalue weighted by Crippen LogP contribution is 2.30. The molecule has 1 heterocycles. The number of aromatic amines is 1. The summed E-state index contributed by atoms with van der Waals surface area (Å²) in [4.78, 5) is 15.8. The largest absolute Gasteiger partial charge is 0.493 e. The van der Waals surface area contributed by atoms with Gasteiger partial charge in [0.1, 0.15) is 5.69 Å². The van der Waals surface area contributed by atoms with E-state index in [-0.39, 0.29) is 5.91 Å². The van der Waals surface area contributed by atoms with Crippen molar-refractivity contribution < 1.29 is 14.3 Å². The molecule has 3 rings (SSSR count). The van der Waals surface area contributed by atoms with Crippen molar-refractivity contribution >= 4 is 22.5 Å². The highest BCUT2D eigenvalue weighted by molar-refractivity contribution is 6.08. The molecule has 2 aromatic carbocycles. The van der Waals surface area contributed by atoms with E-state index in [1.54, 1.807) is 32.4 Å². The highest BCUT2D eigenvalue weighted by Gasteiger charge is 2.16. The van der Waals surface area contributed by atoms with Crippen LogP contribution in [0.3, 0.4) is 0 Å². The van der Waals surface area contributed by atoms with E-state index in [4.69, 9.17) is 9.47 Å². The number of aromatic nitrogens is 1. The lowest BCUT2D eigenvalue weighted by atomic mass is 10.1. The number of nitrogens with one attached hydrogen (secondary N) is 2. The van der Waals surface area contributed by atoms with E-state index < -0.39 is 0 Å². The molecule has 0 unspecified atom stereocenters. The van der Waals surface area contributed by atoms with Gasteiger partial charge in [0.2, 0.25) is 0 Å². The Hall–Kier alpha value is -2.95. The molecule has 0 aliphatic heterocycles. The lowest BCUT2D eigenvalue weighted by Crippen LogP contribution is -2.13. The van der Waals surface area contributed by atoms with E-state index in [0.29, 0.717) is 22.9 Å². The number of hydrogen-bond acceptors (Lipinski definition) is 3. The van der Waals surface area contributed by atoms with Gasteiger partial charge in [-0.15, -0.1) is 0 Å². The number of methoxy groups -OCH3 is 2. The number of ether oxygens (including phenoxy) is 2. The molecular weight excluding hydrogens is 304 g/mol. The summed E-state index contributed by atoms with van der Waals surface area (Å²) in [7, 11) is 3.14. The number of hydrogen-bond donors (Lipinski definition) is 2. The fourth-order valence-electron chi connectivity index (χ4n) is 2.78. The summed E-state index contributed by atoms with van der Waals surface area (Å²) in [5.74, 6) is 1.00. The van der Waals surface area contributed by atoms with Crippen molar-refractivity contribution in [3.05, 3.63) is 53.2 Å². The summed E-state index contributed by atoms with van der Waals surface area (Å²) in [6.45, 7) is 3.98. The molecule has 0 bridgehead atoms. The van der Waals surface area contributed by atoms with Crippen LogP contribution in [0.25, 0.3) is 10.9 Å². The Morgan fingerprint density at radius 2 is 1.75 bits per heavy atom. The number of rotatable bonds is 4. The minimum Gasteiger partial charge on any atom is -0.493 e. The summed E-state index contributed by atoms with van der Waals surface area (Å²) in [5.41, 5.74) is 4.26. The standard InChI is InChI=1S/C19H20N2O3/c1-11-5-7-15-14(9-11)12(2)18(21-15)19(22)20-13-6-8-16(23-3)17(10-13)24-4/h5-10,21H,1-4H3,(H,20,22). The van der Waals surface area contributed by atoms with Gasteiger partial charge in [-0.1, -0.05) is 11.6 Å². The number of H-pyrrole nitrogens is 1. The summed E-state index contributed by atoms with van der Waals surface area (Å²) >= 11 is 0. The Bertz CT molecular complexity index is 912. The van der Waals surface area contributed by atoms with E-state index in [1.165, 1.54) is 0 Å². The van der Waals surface area contributed by atoms with Crippen LogP contribution in [0.5, 0.6) is 11.5 Å². The Morgan fingerprint density at radius 1 is 1.00 bits per heavy atom. The zero-order valence-electron chi connectivity index (χ0n) is 14.2. The molecule has 0 atom stereocenters. The smallest absolute Gasteiger partial charge is 0.272 e. The SMILES string of the molecule is COc1ccc(NC(=O)c2[nH]c3ccc(C)cc3c2C)cc1OC. The molecule has 0 saturated carbocycles. The average molecular weight is 324 g/mol. The van der Waals surface area contributed by atoms with Gasteiger partial charge in [0.25, 0.3) is 5.91 Å². The van der Waals surface area contributed by atoms with Gasteiger partial charge in [-0.2, -0.15) is 0 Å². The zero-order chi connectivity index (χ0) is 17.3. The van der Waals surface area contributed by atoms with Gasteiger partial charge >= 0.3 is 0 Å². The number of aryl methyl sites for hydroxylation is 2. The average Bonchev–Trinajstić information content (AvgIpc) is 2.91. The first-order valence-electron chi connectivity index (χ1n) is 7.65. The molecule has 2 N–H and O–H groups in total. The minimum absolute atomic E-state index is 0.187. The van der Waals surface area contributed by atoms with E-state index in [1.807, 2.05) is 26.0 Å². The predicted octanol–water partition coefficient (Wildman–Crippen LogP) is 4.05. The first-order chi connectivity index (χ1) is 11.5. The van der Waals surface area contributed by atoms with Crippen LogP contribution in [-0.2, 0) is 0 Å². The second kappa shape index (κ2) is 6.28. The van der Waals surface area contributed by atoms with Gasteiger partial charge < -0.3 is 19.8 Å². The van der Waals surface area contributed by atoms with E-state index in [2.05, 4.69) is 16.4 Å². The maximum atomic E-state index is 12.6. The lowest BCUT2D eigenvalue weighted by molar-refractivity contribution is 0.102. The molecule has 1 aromatic heterocycles. The normalized spacial score (nSPS) is 10.7. The first kappa shape index (κ1) is 15.9. The molecule has 0 saturated heterocycles. The van der Waals surface area contributed by atoms with Crippen LogP contribution in [0.4, 0.5) is 5.69 Å². The number of carbonyl (C=O) groups is 1. The molecule has 5 heteroatoms. The van der Waals surface area contributed by atoms with Gasteiger partial charge in [0.05, 0.1) is 14.2 Å². The van der Waals surface area contributed by atoms with Crippen LogP contribution in [0, 0.1) is 13.8 Å². The summed E-state index contributed by atoms with van der Waals surface area (Å²) in [6, 6.07) is 11.4. The van der Waals surface area contributed by atoms with Gasteiger partial charge in [-0.05, 0) is 43.7 Å². The number of benzene rings is 2. The van der Waals surface area contributed by atoms with Crippen molar-refractivity contribution in [1.82, 2.24) is 4.98 Å². The molecule has 5 nitrogen and oxygen atoms in total. The van der Waals surface area contributed by atoms with Crippen molar-refractivity contribution in [2.45, 2.75) is 13.8 Å². The van der Waals surface area contributed by atoms with Crippen LogP contribution in [0.1, 0.15) is 21.6 Å². The van der Waals surface area contributed by atoms with Crippen molar-refractivity contribution in [2.75, 3.05) is 19.5 Å². The molecule has 0 fully saturated rings. The van der Waals surface area contributed by atoms with Crippen LogP contribution >= 0.6 is 0 Å². The fourth-order valence-corrected chi connectivity index (χ4v) is 2.78. The van der Waals surface area contributed by atoms with Crippen LogP contribution < -0.4 is 14.8 Å². The Balaban J connectivity index is 1.91. The molecule has 0 spiro atoms. The van der Waals surface area contributed by atoms with E-state index in [0.717, 1.165) is 22.0 Å². The van der Waals surface area contributed by atoms with Crippen molar-refractivity contribution in [3.63, 3.8) is 0 Å². The molecule has 124 valence electrons. The summed E-state index contributed by atoms with van der Waals surface area (Å²) < 4.78 is 10.5. The second-order valence-electron chi connectivity index (χ2n) is 5.70. The molecule has 24 heavy (non-hydrogen) atoms. The zero-order valence-corrected chi connectivity index (χ0v) is 14.2. The van der Waals surface area contributed by atoms with Gasteiger partial charge in [0, 0.05) is 22.7 Å². The topological polar surface area (TPSA) is 63.3 Å². The Labute approximate surface area is 140 Å². The van der Waals surface area contributed by atoms with Crippen molar-refractivity contribution in [3.8, 4) is 11.5 Å². The van der Waals surface area contributed by atoms with Gasteiger partial charge in [0.15, 0.2) is 11.5 Å². The Kier molecular flexibility index (Phi) is 4.16. The van der Waals surface area contributed by atoms with Crippen LogP contribution in [0.15, 0.2) is 36.4 Å². The molecule has 0 aliphatic rings. The fraction of sp³-hybridized carbons (Fsp3) is 0.211. The lowest BCUT2D eigenvalue weighted by Gasteiger charge is -2.10. The van der Waals surface area contributed by atoms with Crippen molar-refractivity contribution in [1.29, 1.82) is 0 Å². The minimum atomic E-state index is -0.187. The molecular formula is C19H20N2O3. The highest BCUT2D eigenvalue weighted by atomic mass is 16.5. The van der Waals surface area contributed by atoms with Crippen LogP contribution in [0.2, 0.25) is 0 Å². The number of amides is 1. The van der Waals surface area contributed by atoms with Gasteiger partial charge in [-0.3, -0.25) is 4.79 Å². The quantitative estimate of drug-likeness (QED) is 0.761. The first-order valence-corrected chi connectivity index (χ1v) is 7.65. The third-order valence-electron chi connectivity index (χ3n) is 4.08. The molecule has 3 aromatic rings. The third kappa shape index (κ3) is 2.80. The number of anilines is 1. The Morgan fingerprint density at radius 3 is 2.46 bits per heavy atom. The van der Waals surface area contributed by atoms with E-state index in [9.17, 15) is 4.79 Å². The molecule has 0 aliphatic carbocycles. The second-order valence-corrected chi connectivity index (χ2v) is 5.70. The monoisotopic (exact) mass is 324 g/mol. The van der Waals surface area contributed by atoms with Crippen molar-refractivity contribution in [2.24, 2.45) is 0 Å². The third-order valence-corrected chi connectivity index (χ3v) is 4.08. The number of fused-ring (bicyclic) bond motifs is 1. The number of carbonyl (C=O) groups excluding carboxylic acids is 1. The summed E-state index contributed by atoms with van der Waals surface area (Å²) in [6.07, 6.45) is 0. The summed E-state index contributed by atoms with van der Waals surface area (Å²) in [5, 5.41) is 3.96.